The third-order valence-corrected chi connectivity index (χ3v) is 6.47. The van der Waals surface area contributed by atoms with E-state index < -0.39 is 35.2 Å². The van der Waals surface area contributed by atoms with Crippen LogP contribution in [0, 0.1) is 23.2 Å². The Kier molecular flexibility index (Phi) is 12.8. The van der Waals surface area contributed by atoms with Crippen molar-refractivity contribution in [1.29, 1.82) is 0 Å². The first-order chi connectivity index (χ1) is 17.4. The predicted molar refractivity (Wildman–Crippen MR) is 151 cm³/mol. The van der Waals surface area contributed by atoms with Gasteiger partial charge in [-0.05, 0) is 50.0 Å². The second-order valence-electron chi connectivity index (χ2n) is 13.0. The number of carbonyl (C=O) groups is 3. The zero-order valence-electron chi connectivity index (χ0n) is 25.1. The molecule has 0 fully saturated rings. The largest absolute Gasteiger partial charge is 0.444 e. The molecule has 8 nitrogen and oxygen atoms in total. The summed E-state index contributed by atoms with van der Waals surface area (Å²) in [6.45, 7) is 19.3. The van der Waals surface area contributed by atoms with Gasteiger partial charge in [0.2, 0.25) is 11.8 Å². The smallest absolute Gasteiger partial charge is 0.407 e. The van der Waals surface area contributed by atoms with Crippen molar-refractivity contribution < 1.29 is 24.2 Å². The Hall–Kier alpha value is -2.61. The number of carbonyl (C=O) groups excluding carboxylic acids is 3. The van der Waals surface area contributed by atoms with Crippen molar-refractivity contribution in [3.63, 3.8) is 0 Å². The number of hydrogen-bond donors (Lipinski definition) is 4. The molecule has 1 aromatic rings. The SMILES string of the molecule is CC(C)C(NC(=O)C[C@@H](C(=O)NC[C@@H](O)[C@H](Cc1ccccc1)NC(=O)OC(C)(C)C)C(C)(C)C)C(C)C. The van der Waals surface area contributed by atoms with E-state index in [1.54, 1.807) is 20.8 Å². The quantitative estimate of drug-likeness (QED) is 0.317. The molecule has 0 aliphatic carbocycles. The number of aliphatic hydroxyl groups is 1. The van der Waals surface area contributed by atoms with Crippen LogP contribution in [-0.4, -0.2) is 53.3 Å². The Morgan fingerprint density at radius 2 is 1.45 bits per heavy atom. The number of ether oxygens (including phenoxy) is 1. The normalized spacial score (nSPS) is 14.7. The van der Waals surface area contributed by atoms with Crippen LogP contribution >= 0.6 is 0 Å². The van der Waals surface area contributed by atoms with E-state index in [0.717, 1.165) is 5.56 Å². The third-order valence-electron chi connectivity index (χ3n) is 6.47. The number of amides is 3. The topological polar surface area (TPSA) is 117 Å². The van der Waals surface area contributed by atoms with Crippen LogP contribution in [-0.2, 0) is 20.7 Å². The van der Waals surface area contributed by atoms with Gasteiger partial charge in [0.15, 0.2) is 0 Å². The molecule has 0 bridgehead atoms. The molecular weight excluding hydrogens is 482 g/mol. The van der Waals surface area contributed by atoms with Gasteiger partial charge in [0, 0.05) is 19.0 Å². The zero-order chi connectivity index (χ0) is 29.3. The lowest BCUT2D eigenvalue weighted by molar-refractivity contribution is -0.134. The standard InChI is InChI=1S/C30H51N3O5/c1-19(2)26(20(3)4)33-25(35)17-22(29(5,6)7)27(36)31-18-24(34)23(16-21-14-12-11-13-15-21)32-28(37)38-30(8,9)10/h11-15,19-20,22-24,26,34H,16-18H2,1-10H3,(H,31,36)(H,32,37)(H,33,35)/t22-,23-,24+/m0/s1. The second-order valence-corrected chi connectivity index (χ2v) is 13.0. The highest BCUT2D eigenvalue weighted by atomic mass is 16.6. The van der Waals surface area contributed by atoms with Crippen LogP contribution in [0.2, 0.25) is 0 Å². The van der Waals surface area contributed by atoms with E-state index in [0.29, 0.717) is 6.42 Å². The van der Waals surface area contributed by atoms with Crippen molar-refractivity contribution in [3.8, 4) is 0 Å². The highest BCUT2D eigenvalue weighted by Crippen LogP contribution is 2.29. The Morgan fingerprint density at radius 1 is 0.895 bits per heavy atom. The number of hydrogen-bond acceptors (Lipinski definition) is 5. The minimum Gasteiger partial charge on any atom is -0.444 e. The molecule has 0 saturated heterocycles. The van der Waals surface area contributed by atoms with Gasteiger partial charge in [-0.1, -0.05) is 78.8 Å². The molecule has 0 aromatic heterocycles. The summed E-state index contributed by atoms with van der Waals surface area (Å²) in [6, 6.07) is 8.80. The number of rotatable bonds is 12. The van der Waals surface area contributed by atoms with Crippen molar-refractivity contribution >= 4 is 17.9 Å². The molecule has 1 aromatic carbocycles. The fourth-order valence-corrected chi connectivity index (χ4v) is 4.41. The summed E-state index contributed by atoms with van der Waals surface area (Å²) >= 11 is 0. The lowest BCUT2D eigenvalue weighted by Crippen LogP contribution is -2.52. The van der Waals surface area contributed by atoms with Gasteiger partial charge in [-0.3, -0.25) is 9.59 Å². The van der Waals surface area contributed by atoms with Crippen LogP contribution in [0.15, 0.2) is 30.3 Å². The average molecular weight is 534 g/mol. The molecule has 38 heavy (non-hydrogen) atoms. The van der Waals surface area contributed by atoms with Gasteiger partial charge in [-0.25, -0.2) is 4.79 Å². The van der Waals surface area contributed by atoms with Crippen LogP contribution in [0.25, 0.3) is 0 Å². The van der Waals surface area contributed by atoms with Crippen LogP contribution in [0.5, 0.6) is 0 Å². The summed E-state index contributed by atoms with van der Waals surface area (Å²) in [5.74, 6) is -0.527. The molecule has 0 aliphatic rings. The molecule has 0 saturated carbocycles. The maximum Gasteiger partial charge on any atom is 0.407 e. The van der Waals surface area contributed by atoms with Crippen molar-refractivity contribution in [3.05, 3.63) is 35.9 Å². The average Bonchev–Trinajstić information content (AvgIpc) is 2.77. The first kappa shape index (κ1) is 33.4. The van der Waals surface area contributed by atoms with Crippen LogP contribution < -0.4 is 16.0 Å². The molecule has 0 unspecified atom stereocenters. The van der Waals surface area contributed by atoms with Crippen molar-refractivity contribution in [2.75, 3.05) is 6.54 Å². The highest BCUT2D eigenvalue weighted by molar-refractivity contribution is 5.86. The predicted octanol–water partition coefficient (Wildman–Crippen LogP) is 4.45. The molecule has 0 spiro atoms. The minimum absolute atomic E-state index is 0.0191. The maximum atomic E-state index is 13.3. The molecule has 8 heteroatoms. The van der Waals surface area contributed by atoms with Gasteiger partial charge in [-0.2, -0.15) is 0 Å². The summed E-state index contributed by atoms with van der Waals surface area (Å²) in [7, 11) is 0. The van der Waals surface area contributed by atoms with E-state index in [1.165, 1.54) is 0 Å². The van der Waals surface area contributed by atoms with E-state index in [1.807, 2.05) is 51.1 Å². The maximum absolute atomic E-state index is 13.3. The van der Waals surface area contributed by atoms with Gasteiger partial charge >= 0.3 is 6.09 Å². The molecule has 0 aliphatic heterocycles. The fourth-order valence-electron chi connectivity index (χ4n) is 4.41. The lowest BCUT2D eigenvalue weighted by Gasteiger charge is -2.32. The van der Waals surface area contributed by atoms with Gasteiger partial charge in [0.25, 0.3) is 0 Å². The van der Waals surface area contributed by atoms with E-state index in [9.17, 15) is 19.5 Å². The summed E-state index contributed by atoms with van der Waals surface area (Å²) < 4.78 is 5.38. The molecular formula is C30H51N3O5. The summed E-state index contributed by atoms with van der Waals surface area (Å²) in [5, 5.41) is 19.7. The van der Waals surface area contributed by atoms with Crippen LogP contribution in [0.1, 0.15) is 81.2 Å². The van der Waals surface area contributed by atoms with E-state index in [-0.39, 0.29) is 42.7 Å². The third kappa shape index (κ3) is 12.3. The van der Waals surface area contributed by atoms with Gasteiger partial charge in [0.05, 0.1) is 18.1 Å². The number of alkyl carbamates (subject to hydrolysis) is 1. The zero-order valence-corrected chi connectivity index (χ0v) is 25.1. The molecule has 3 amide bonds. The van der Waals surface area contributed by atoms with Gasteiger partial charge in [-0.15, -0.1) is 0 Å². The Morgan fingerprint density at radius 3 is 1.92 bits per heavy atom. The Bertz CT molecular complexity index is 879. The van der Waals surface area contributed by atoms with Gasteiger partial charge in [0.1, 0.15) is 5.60 Å². The van der Waals surface area contributed by atoms with Gasteiger partial charge < -0.3 is 25.8 Å². The van der Waals surface area contributed by atoms with E-state index in [2.05, 4.69) is 43.6 Å². The Labute approximate surface area is 229 Å². The highest BCUT2D eigenvalue weighted by Gasteiger charge is 2.35. The first-order valence-electron chi connectivity index (χ1n) is 13.7. The molecule has 0 heterocycles. The fraction of sp³-hybridized carbons (Fsp3) is 0.700. The minimum atomic E-state index is -1.08. The summed E-state index contributed by atoms with van der Waals surface area (Å²) in [6.07, 6.45) is -1.32. The number of aliphatic hydroxyl groups excluding tert-OH is 1. The van der Waals surface area contributed by atoms with Crippen LogP contribution in [0.3, 0.4) is 0 Å². The molecule has 3 atom stereocenters. The number of nitrogens with one attached hydrogen (secondary N) is 3. The molecule has 216 valence electrons. The molecule has 1 rings (SSSR count). The lowest BCUT2D eigenvalue weighted by atomic mass is 9.77. The van der Waals surface area contributed by atoms with Crippen molar-refractivity contribution in [2.24, 2.45) is 23.2 Å². The summed E-state index contributed by atoms with van der Waals surface area (Å²) in [4.78, 5) is 38.6. The number of benzene rings is 1. The van der Waals surface area contributed by atoms with Crippen molar-refractivity contribution in [1.82, 2.24) is 16.0 Å². The monoisotopic (exact) mass is 533 g/mol. The van der Waals surface area contributed by atoms with E-state index in [4.69, 9.17) is 4.74 Å². The molecule has 4 N–H and O–H groups in total. The van der Waals surface area contributed by atoms with E-state index >= 15 is 0 Å². The van der Waals surface area contributed by atoms with Crippen LogP contribution in [0.4, 0.5) is 4.79 Å². The first-order valence-corrected chi connectivity index (χ1v) is 13.7. The second kappa shape index (κ2) is 14.5. The Balaban J connectivity index is 2.93. The molecule has 0 radical (unpaired) electrons. The summed E-state index contributed by atoms with van der Waals surface area (Å²) in [5.41, 5.74) is -0.242. The van der Waals surface area contributed by atoms with Crippen molar-refractivity contribution in [2.45, 2.75) is 106 Å².